The van der Waals surface area contributed by atoms with Crippen LogP contribution in [0.2, 0.25) is 0 Å². The van der Waals surface area contributed by atoms with Crippen LogP contribution in [0.1, 0.15) is 18.5 Å². The molecule has 0 radical (unpaired) electrons. The lowest BCUT2D eigenvalue weighted by molar-refractivity contribution is -0.384. The van der Waals surface area contributed by atoms with Gasteiger partial charge in [-0.3, -0.25) is 25.0 Å². The molecular weight excluding hydrogens is 454 g/mol. The van der Waals surface area contributed by atoms with Crippen molar-refractivity contribution < 1.29 is 24.0 Å². The molecule has 0 unspecified atom stereocenters. The number of non-ortho nitro benzene ring substituents is 1. The predicted molar refractivity (Wildman–Crippen MR) is 128 cm³/mol. The average Bonchev–Trinajstić information content (AvgIpc) is 2.88. The van der Waals surface area contributed by atoms with Crippen LogP contribution in [0.15, 0.2) is 53.5 Å². The summed E-state index contributed by atoms with van der Waals surface area (Å²) in [5.41, 5.74) is 1.30. The normalized spacial score (nSPS) is 20.1. The molecule has 0 spiro atoms. The lowest BCUT2D eigenvalue weighted by Crippen LogP contribution is -2.57. The van der Waals surface area contributed by atoms with Crippen molar-refractivity contribution in [2.75, 3.05) is 44.8 Å². The summed E-state index contributed by atoms with van der Waals surface area (Å²) >= 11 is 0. The minimum Gasteiger partial charge on any atom is -0.497 e. The van der Waals surface area contributed by atoms with Crippen molar-refractivity contribution in [2.45, 2.75) is 13.0 Å². The number of hydrogen-bond acceptors (Lipinski definition) is 9. The van der Waals surface area contributed by atoms with E-state index in [0.717, 1.165) is 11.4 Å². The standard InChI is InChI=1S/C24H27N5O6/c1-3-35-23(31)20-21(16-6-4-8-18(14-16)29(32)33)25-24(26-22(20)30)28-12-10-27(11-13-28)17-7-5-9-19(15-17)34-2/h4-9,14-15,20-21H,3,10-13H2,1-2H3,(H,25,26,30)/t20-,21-/m0/s1. The Hall–Kier alpha value is -4.15. The van der Waals surface area contributed by atoms with E-state index in [-0.39, 0.29) is 12.3 Å². The van der Waals surface area contributed by atoms with E-state index in [1.807, 2.05) is 29.2 Å². The Balaban J connectivity index is 1.58. The first-order valence-electron chi connectivity index (χ1n) is 11.3. The van der Waals surface area contributed by atoms with Crippen LogP contribution in [0.5, 0.6) is 5.75 Å². The van der Waals surface area contributed by atoms with Gasteiger partial charge in [-0.15, -0.1) is 0 Å². The molecule has 1 N–H and O–H groups in total. The third-order valence-electron chi connectivity index (χ3n) is 6.06. The number of piperazine rings is 1. The summed E-state index contributed by atoms with van der Waals surface area (Å²) in [6.07, 6.45) is 0. The summed E-state index contributed by atoms with van der Waals surface area (Å²) in [6, 6.07) is 12.7. The zero-order valence-electron chi connectivity index (χ0n) is 19.5. The second-order valence-electron chi connectivity index (χ2n) is 8.14. The van der Waals surface area contributed by atoms with Crippen LogP contribution < -0.4 is 15.0 Å². The second kappa shape index (κ2) is 10.4. The smallest absolute Gasteiger partial charge is 0.321 e. The number of hydrogen-bond donors (Lipinski definition) is 1. The Morgan fingerprint density at radius 2 is 1.86 bits per heavy atom. The van der Waals surface area contributed by atoms with Crippen molar-refractivity contribution in [3.05, 3.63) is 64.2 Å². The lowest BCUT2D eigenvalue weighted by Gasteiger charge is -2.39. The first-order chi connectivity index (χ1) is 16.9. The third kappa shape index (κ3) is 5.18. The largest absolute Gasteiger partial charge is 0.497 e. The fourth-order valence-electron chi connectivity index (χ4n) is 4.27. The molecule has 1 amide bonds. The van der Waals surface area contributed by atoms with Crippen molar-refractivity contribution in [1.82, 2.24) is 10.2 Å². The number of anilines is 1. The second-order valence-corrected chi connectivity index (χ2v) is 8.14. The van der Waals surface area contributed by atoms with Crippen molar-refractivity contribution in [3.8, 4) is 5.75 Å². The van der Waals surface area contributed by atoms with Crippen LogP contribution in [0.4, 0.5) is 11.4 Å². The van der Waals surface area contributed by atoms with Crippen LogP contribution in [0.3, 0.4) is 0 Å². The van der Waals surface area contributed by atoms with Crippen LogP contribution in [-0.4, -0.2) is 67.6 Å². The number of nitrogens with one attached hydrogen (secondary N) is 1. The van der Waals surface area contributed by atoms with Gasteiger partial charge in [0, 0.05) is 50.1 Å². The highest BCUT2D eigenvalue weighted by atomic mass is 16.6. The molecule has 0 bridgehead atoms. The van der Waals surface area contributed by atoms with E-state index < -0.39 is 28.8 Å². The fourth-order valence-corrected chi connectivity index (χ4v) is 4.27. The molecule has 184 valence electrons. The number of ether oxygens (including phenoxy) is 2. The maximum absolute atomic E-state index is 13.0. The van der Waals surface area contributed by atoms with E-state index in [1.165, 1.54) is 18.2 Å². The monoisotopic (exact) mass is 481 g/mol. The highest BCUT2D eigenvalue weighted by Gasteiger charge is 2.42. The summed E-state index contributed by atoms with van der Waals surface area (Å²) in [6.45, 7) is 4.30. The first-order valence-corrected chi connectivity index (χ1v) is 11.3. The van der Waals surface area contributed by atoms with Gasteiger partial charge in [-0.1, -0.05) is 18.2 Å². The topological polar surface area (TPSA) is 127 Å². The Morgan fingerprint density at radius 1 is 1.14 bits per heavy atom. The van der Waals surface area contributed by atoms with Gasteiger partial charge in [0.1, 0.15) is 11.8 Å². The van der Waals surface area contributed by atoms with Gasteiger partial charge in [0.25, 0.3) is 5.69 Å². The number of rotatable bonds is 6. The lowest BCUT2D eigenvalue weighted by atomic mass is 9.91. The van der Waals surface area contributed by atoms with Crippen molar-refractivity contribution >= 4 is 29.2 Å². The first kappa shape index (κ1) is 24.0. The summed E-state index contributed by atoms with van der Waals surface area (Å²) in [7, 11) is 1.63. The van der Waals surface area contributed by atoms with Crippen LogP contribution in [0.25, 0.3) is 0 Å². The van der Waals surface area contributed by atoms with Crippen molar-refractivity contribution in [3.63, 3.8) is 0 Å². The SMILES string of the molecule is CCOC(=O)[C@@H]1C(=O)NC(N2CCN(c3cccc(OC)c3)CC2)=N[C@H]1c1cccc([N+](=O)[O-])c1. The van der Waals surface area contributed by atoms with Crippen molar-refractivity contribution in [2.24, 2.45) is 10.9 Å². The highest BCUT2D eigenvalue weighted by molar-refractivity contribution is 6.08. The van der Waals surface area contributed by atoms with E-state index in [1.54, 1.807) is 20.1 Å². The number of carbonyl (C=O) groups is 2. The number of amides is 1. The summed E-state index contributed by atoms with van der Waals surface area (Å²) in [5, 5.41) is 14.0. The molecule has 11 nitrogen and oxygen atoms in total. The van der Waals surface area contributed by atoms with E-state index in [9.17, 15) is 19.7 Å². The average molecular weight is 482 g/mol. The Kier molecular flexibility index (Phi) is 7.14. The third-order valence-corrected chi connectivity index (χ3v) is 6.06. The number of esters is 1. The number of nitrogens with zero attached hydrogens (tertiary/aromatic N) is 4. The quantitative estimate of drug-likeness (QED) is 0.288. The molecule has 2 atom stereocenters. The number of methoxy groups -OCH3 is 1. The molecular formula is C24H27N5O6. The van der Waals surface area contributed by atoms with E-state index in [4.69, 9.17) is 9.47 Å². The van der Waals surface area contributed by atoms with Gasteiger partial charge in [0.15, 0.2) is 5.92 Å². The molecule has 2 aromatic rings. The molecule has 1 saturated heterocycles. The molecule has 1 fully saturated rings. The molecule has 2 aromatic carbocycles. The number of aliphatic imine (C=N–C) groups is 1. The van der Waals surface area contributed by atoms with Crippen LogP contribution in [0, 0.1) is 16.0 Å². The Labute approximate surface area is 202 Å². The van der Waals surface area contributed by atoms with Gasteiger partial charge in [-0.25, -0.2) is 4.99 Å². The molecule has 0 aromatic heterocycles. The van der Waals surface area contributed by atoms with E-state index in [2.05, 4.69) is 15.2 Å². The summed E-state index contributed by atoms with van der Waals surface area (Å²) < 4.78 is 10.4. The number of nitro benzene ring substituents is 1. The van der Waals surface area contributed by atoms with Crippen LogP contribution >= 0.6 is 0 Å². The maximum atomic E-state index is 13.0. The van der Waals surface area contributed by atoms with Gasteiger partial charge in [0.2, 0.25) is 11.9 Å². The van der Waals surface area contributed by atoms with Crippen molar-refractivity contribution in [1.29, 1.82) is 0 Å². The minimum atomic E-state index is -1.24. The molecule has 0 saturated carbocycles. The molecule has 4 rings (SSSR count). The zero-order valence-corrected chi connectivity index (χ0v) is 19.5. The number of nitro groups is 1. The summed E-state index contributed by atoms with van der Waals surface area (Å²) in [4.78, 5) is 45.3. The molecule has 11 heteroatoms. The number of benzene rings is 2. The molecule has 2 aliphatic rings. The molecule has 35 heavy (non-hydrogen) atoms. The predicted octanol–water partition coefficient (Wildman–Crippen LogP) is 2.13. The Morgan fingerprint density at radius 3 is 2.54 bits per heavy atom. The summed E-state index contributed by atoms with van der Waals surface area (Å²) in [5.74, 6) is -1.37. The van der Waals surface area contributed by atoms with Crippen LogP contribution in [-0.2, 0) is 14.3 Å². The zero-order chi connectivity index (χ0) is 24.9. The van der Waals surface area contributed by atoms with E-state index >= 15 is 0 Å². The molecule has 2 aliphatic heterocycles. The van der Waals surface area contributed by atoms with E-state index in [0.29, 0.717) is 37.7 Å². The fraction of sp³-hybridized carbons (Fsp3) is 0.375. The van der Waals surface area contributed by atoms with Gasteiger partial charge >= 0.3 is 5.97 Å². The minimum absolute atomic E-state index is 0.104. The van der Waals surface area contributed by atoms with Gasteiger partial charge < -0.3 is 19.3 Å². The Bertz CT molecular complexity index is 1140. The highest BCUT2D eigenvalue weighted by Crippen LogP contribution is 2.33. The number of carbonyl (C=O) groups excluding carboxylic acids is 2. The number of guanidine groups is 1. The molecule has 2 heterocycles. The molecule has 0 aliphatic carbocycles. The van der Waals surface area contributed by atoms with Gasteiger partial charge in [-0.05, 0) is 24.6 Å². The van der Waals surface area contributed by atoms with Gasteiger partial charge in [0.05, 0.1) is 18.6 Å². The van der Waals surface area contributed by atoms with Gasteiger partial charge in [-0.2, -0.15) is 0 Å². The maximum Gasteiger partial charge on any atom is 0.321 e.